The number of aromatic nitrogens is 1. The molecule has 1 aliphatic heterocycles. The van der Waals surface area contributed by atoms with Gasteiger partial charge in [-0.1, -0.05) is 30.3 Å². The maximum Gasteiger partial charge on any atom is 0.319 e. The van der Waals surface area contributed by atoms with Crippen molar-refractivity contribution in [1.29, 1.82) is 0 Å². The largest absolute Gasteiger partial charge is 0.368 e. The summed E-state index contributed by atoms with van der Waals surface area (Å²) in [4.78, 5) is 16.7. The van der Waals surface area contributed by atoms with Crippen molar-refractivity contribution in [2.24, 2.45) is 0 Å². The molecule has 28 heavy (non-hydrogen) atoms. The highest BCUT2D eigenvalue weighted by Gasteiger charge is 2.18. The summed E-state index contributed by atoms with van der Waals surface area (Å²) in [6, 6.07) is 19.9. The van der Waals surface area contributed by atoms with Gasteiger partial charge in [-0.15, -0.1) is 23.5 Å². The number of rotatable bonds is 6. The number of benzene rings is 2. The highest BCUT2D eigenvalue weighted by Crippen LogP contribution is 2.45. The van der Waals surface area contributed by atoms with Crippen LogP contribution >= 0.6 is 23.5 Å². The molecule has 1 saturated heterocycles. The van der Waals surface area contributed by atoms with E-state index in [1.165, 1.54) is 17.1 Å². The van der Waals surface area contributed by atoms with E-state index in [0.29, 0.717) is 17.7 Å². The first kappa shape index (κ1) is 19.0. The van der Waals surface area contributed by atoms with Crippen molar-refractivity contribution < 1.29 is 4.79 Å². The quantitative estimate of drug-likeness (QED) is 0.502. The Morgan fingerprint density at radius 3 is 2.75 bits per heavy atom. The predicted molar refractivity (Wildman–Crippen MR) is 121 cm³/mol. The molecule has 7 heteroatoms. The first-order chi connectivity index (χ1) is 13.8. The Hall–Kier alpha value is -2.38. The van der Waals surface area contributed by atoms with Crippen molar-refractivity contribution in [1.82, 2.24) is 10.3 Å². The summed E-state index contributed by atoms with van der Waals surface area (Å²) < 4.78 is 0.475. The number of hydrogen-bond acceptors (Lipinski definition) is 5. The molecule has 1 fully saturated rings. The van der Waals surface area contributed by atoms with Crippen LogP contribution in [0, 0.1) is 0 Å². The zero-order valence-corrected chi connectivity index (χ0v) is 17.0. The van der Waals surface area contributed by atoms with Gasteiger partial charge < -0.3 is 16.0 Å². The Balaban J connectivity index is 1.23. The molecular formula is C21H22N4OS2. The number of amides is 2. The van der Waals surface area contributed by atoms with Gasteiger partial charge >= 0.3 is 6.03 Å². The van der Waals surface area contributed by atoms with Gasteiger partial charge in [0, 0.05) is 35.7 Å². The van der Waals surface area contributed by atoms with Crippen molar-refractivity contribution in [2.45, 2.75) is 4.58 Å². The molecule has 4 rings (SSSR count). The van der Waals surface area contributed by atoms with Gasteiger partial charge in [0.15, 0.2) is 0 Å². The van der Waals surface area contributed by atoms with Gasteiger partial charge in [0.2, 0.25) is 0 Å². The van der Waals surface area contributed by atoms with Crippen molar-refractivity contribution in [3.8, 4) is 0 Å². The number of carbonyl (C=O) groups is 1. The second-order valence-electron chi connectivity index (χ2n) is 6.40. The lowest BCUT2D eigenvalue weighted by Crippen LogP contribution is -2.32. The van der Waals surface area contributed by atoms with E-state index in [1.807, 2.05) is 72.1 Å². The Morgan fingerprint density at radius 1 is 1.00 bits per heavy atom. The van der Waals surface area contributed by atoms with Gasteiger partial charge in [-0.2, -0.15) is 0 Å². The lowest BCUT2D eigenvalue weighted by atomic mass is 10.2. The van der Waals surface area contributed by atoms with Crippen LogP contribution in [-0.2, 0) is 0 Å². The van der Waals surface area contributed by atoms with Crippen LogP contribution < -0.4 is 16.0 Å². The van der Waals surface area contributed by atoms with Crippen LogP contribution in [0.15, 0.2) is 60.7 Å². The Morgan fingerprint density at radius 2 is 1.86 bits per heavy atom. The number of nitrogens with zero attached hydrogens (tertiary/aromatic N) is 1. The van der Waals surface area contributed by atoms with Gasteiger partial charge in [0.1, 0.15) is 5.82 Å². The van der Waals surface area contributed by atoms with Crippen LogP contribution in [0.2, 0.25) is 0 Å². The Labute approximate surface area is 173 Å². The average Bonchev–Trinajstić information content (AvgIpc) is 3.26. The van der Waals surface area contributed by atoms with Gasteiger partial charge in [0.25, 0.3) is 0 Å². The number of urea groups is 1. The van der Waals surface area contributed by atoms with E-state index in [-0.39, 0.29) is 6.03 Å². The molecule has 2 heterocycles. The van der Waals surface area contributed by atoms with Gasteiger partial charge in [-0.05, 0) is 35.9 Å². The molecule has 3 aromatic rings. The third-order valence-electron chi connectivity index (χ3n) is 4.35. The molecule has 0 atom stereocenters. The number of fused-ring (bicyclic) bond motifs is 1. The van der Waals surface area contributed by atoms with E-state index >= 15 is 0 Å². The normalized spacial score (nSPS) is 14.1. The summed E-state index contributed by atoms with van der Waals surface area (Å²) in [5, 5.41) is 10.1. The fraction of sp³-hybridized carbons (Fsp3) is 0.238. The minimum atomic E-state index is -0.197. The SMILES string of the molecule is O=C(NCCNc1ccc2ccccc2n1)Nc1cccc(C2SCCS2)c1. The van der Waals surface area contributed by atoms with Gasteiger partial charge in [-0.3, -0.25) is 0 Å². The van der Waals surface area contributed by atoms with Crippen LogP contribution in [0.25, 0.3) is 10.9 Å². The fourth-order valence-corrected chi connectivity index (χ4v) is 5.86. The molecule has 0 radical (unpaired) electrons. The first-order valence-corrected chi connectivity index (χ1v) is 11.4. The first-order valence-electron chi connectivity index (χ1n) is 9.26. The van der Waals surface area contributed by atoms with Crippen LogP contribution in [0.1, 0.15) is 10.1 Å². The lowest BCUT2D eigenvalue weighted by Gasteiger charge is -2.12. The molecule has 2 aromatic carbocycles. The van der Waals surface area contributed by atoms with Crippen LogP contribution in [-0.4, -0.2) is 35.6 Å². The number of para-hydroxylation sites is 1. The van der Waals surface area contributed by atoms with Gasteiger partial charge in [0.05, 0.1) is 10.1 Å². The third kappa shape index (κ3) is 4.91. The molecule has 0 unspecified atom stereocenters. The number of hydrogen-bond donors (Lipinski definition) is 3. The zero-order valence-electron chi connectivity index (χ0n) is 15.4. The maximum absolute atomic E-state index is 12.2. The molecule has 3 N–H and O–H groups in total. The second-order valence-corrected chi connectivity index (χ2v) is 9.12. The predicted octanol–water partition coefficient (Wildman–Crippen LogP) is 4.95. The minimum Gasteiger partial charge on any atom is -0.368 e. The summed E-state index contributed by atoms with van der Waals surface area (Å²) in [5.74, 6) is 3.18. The third-order valence-corrected chi connectivity index (χ3v) is 7.46. The van der Waals surface area contributed by atoms with E-state index in [1.54, 1.807) is 0 Å². The molecule has 1 aromatic heterocycles. The van der Waals surface area contributed by atoms with Crippen LogP contribution in [0.3, 0.4) is 0 Å². The van der Waals surface area contributed by atoms with E-state index in [4.69, 9.17) is 0 Å². The fourth-order valence-electron chi connectivity index (χ4n) is 3.02. The monoisotopic (exact) mass is 410 g/mol. The molecule has 5 nitrogen and oxygen atoms in total. The van der Waals surface area contributed by atoms with Crippen molar-refractivity contribution in [2.75, 3.05) is 35.2 Å². The van der Waals surface area contributed by atoms with E-state index < -0.39 is 0 Å². The topological polar surface area (TPSA) is 66.0 Å². The molecule has 0 bridgehead atoms. The average molecular weight is 411 g/mol. The van der Waals surface area contributed by atoms with E-state index in [9.17, 15) is 4.79 Å². The van der Waals surface area contributed by atoms with Crippen LogP contribution in [0.5, 0.6) is 0 Å². The number of nitrogens with one attached hydrogen (secondary N) is 3. The van der Waals surface area contributed by atoms with Gasteiger partial charge in [-0.25, -0.2) is 9.78 Å². The molecule has 1 aliphatic rings. The molecular weight excluding hydrogens is 388 g/mol. The molecule has 0 aliphatic carbocycles. The standard InChI is InChI=1S/C21H22N4OS2/c26-21(24-17-6-3-5-16(14-17)20-27-12-13-28-20)23-11-10-22-19-9-8-15-4-1-2-7-18(15)25-19/h1-9,14,20H,10-13H2,(H,22,25)(H2,23,24,26). The van der Waals surface area contributed by atoms with Crippen molar-refractivity contribution >= 4 is 52.0 Å². The van der Waals surface area contributed by atoms with Crippen molar-refractivity contribution in [3.63, 3.8) is 0 Å². The smallest absolute Gasteiger partial charge is 0.319 e. The summed E-state index contributed by atoms with van der Waals surface area (Å²) >= 11 is 3.92. The zero-order chi connectivity index (χ0) is 19.2. The summed E-state index contributed by atoms with van der Waals surface area (Å²) in [7, 11) is 0. The van der Waals surface area contributed by atoms with E-state index in [2.05, 4.69) is 33.1 Å². The summed E-state index contributed by atoms with van der Waals surface area (Å²) in [6.07, 6.45) is 0. The summed E-state index contributed by atoms with van der Waals surface area (Å²) in [5.41, 5.74) is 3.04. The van der Waals surface area contributed by atoms with E-state index in [0.717, 1.165) is 22.4 Å². The maximum atomic E-state index is 12.2. The number of anilines is 2. The Bertz CT molecular complexity index is 960. The number of pyridine rings is 1. The van der Waals surface area contributed by atoms with Crippen LogP contribution in [0.4, 0.5) is 16.3 Å². The molecule has 0 spiro atoms. The number of thioether (sulfide) groups is 2. The molecule has 2 amide bonds. The molecule has 144 valence electrons. The lowest BCUT2D eigenvalue weighted by molar-refractivity contribution is 0.252. The second kappa shape index (κ2) is 9.21. The highest BCUT2D eigenvalue weighted by molar-refractivity contribution is 8.19. The highest BCUT2D eigenvalue weighted by atomic mass is 32.2. The molecule has 0 saturated carbocycles. The van der Waals surface area contributed by atoms with Crippen molar-refractivity contribution in [3.05, 3.63) is 66.2 Å². The summed E-state index contributed by atoms with van der Waals surface area (Å²) in [6.45, 7) is 1.11. The minimum absolute atomic E-state index is 0.197. The number of carbonyl (C=O) groups excluding carboxylic acids is 1. The Kier molecular flexibility index (Phi) is 6.24.